The van der Waals surface area contributed by atoms with Gasteiger partial charge in [-0.15, -0.1) is 0 Å². The minimum absolute atomic E-state index is 0.263. The smallest absolute Gasteiger partial charge is 0.146 e. The molecule has 2 aromatic carbocycles. The van der Waals surface area contributed by atoms with Crippen molar-refractivity contribution in [1.82, 2.24) is 5.32 Å². The lowest BCUT2D eigenvalue weighted by Crippen LogP contribution is -2.17. The van der Waals surface area contributed by atoms with Crippen molar-refractivity contribution in [2.24, 2.45) is 0 Å². The van der Waals surface area contributed by atoms with E-state index in [1.54, 1.807) is 6.07 Å². The van der Waals surface area contributed by atoms with Gasteiger partial charge in [-0.05, 0) is 61.9 Å². The Hall–Kier alpha value is -1.22. The molecular formula is C17H19Cl2NO. The maximum Gasteiger partial charge on any atom is 0.146 e. The van der Waals surface area contributed by atoms with Crippen molar-refractivity contribution < 1.29 is 4.74 Å². The van der Waals surface area contributed by atoms with Crippen molar-refractivity contribution in [3.8, 4) is 11.5 Å². The summed E-state index contributed by atoms with van der Waals surface area (Å²) in [6.45, 7) is 7.07. The third kappa shape index (κ3) is 4.13. The van der Waals surface area contributed by atoms with E-state index in [4.69, 9.17) is 27.9 Å². The van der Waals surface area contributed by atoms with Crippen LogP contribution in [0.1, 0.15) is 31.0 Å². The maximum absolute atomic E-state index is 6.33. The van der Waals surface area contributed by atoms with Crippen LogP contribution in [0.4, 0.5) is 0 Å². The number of aryl methyl sites for hydroxylation is 1. The maximum atomic E-state index is 6.33. The molecule has 0 fully saturated rings. The van der Waals surface area contributed by atoms with Gasteiger partial charge in [0.25, 0.3) is 0 Å². The molecule has 0 saturated carbocycles. The van der Waals surface area contributed by atoms with Crippen molar-refractivity contribution in [1.29, 1.82) is 0 Å². The first kappa shape index (κ1) is 16.2. The van der Waals surface area contributed by atoms with Gasteiger partial charge < -0.3 is 10.1 Å². The lowest BCUT2D eigenvalue weighted by Gasteiger charge is -2.15. The number of nitrogens with one attached hydrogen (secondary N) is 1. The summed E-state index contributed by atoms with van der Waals surface area (Å²) >= 11 is 12.3. The minimum Gasteiger partial charge on any atom is -0.456 e. The third-order valence-electron chi connectivity index (χ3n) is 3.32. The van der Waals surface area contributed by atoms with Gasteiger partial charge in [-0.25, -0.2) is 0 Å². The fraction of sp³-hybridized carbons (Fsp3) is 0.294. The van der Waals surface area contributed by atoms with Gasteiger partial charge in [-0.1, -0.05) is 36.2 Å². The second kappa shape index (κ2) is 7.17. The Morgan fingerprint density at radius 2 is 1.81 bits per heavy atom. The zero-order valence-electron chi connectivity index (χ0n) is 12.4. The molecule has 0 bridgehead atoms. The summed E-state index contributed by atoms with van der Waals surface area (Å²) in [4.78, 5) is 0. The molecular weight excluding hydrogens is 305 g/mol. The molecule has 0 aliphatic carbocycles. The van der Waals surface area contributed by atoms with E-state index >= 15 is 0 Å². The van der Waals surface area contributed by atoms with Crippen LogP contribution in [0.3, 0.4) is 0 Å². The fourth-order valence-electron chi connectivity index (χ4n) is 2.14. The third-order valence-corrected chi connectivity index (χ3v) is 3.85. The number of hydrogen-bond donors (Lipinski definition) is 1. The SMILES string of the molecule is CCNC(C)c1ccc(Oc2ccc(Cl)cc2C)c(Cl)c1. The van der Waals surface area contributed by atoms with Gasteiger partial charge in [0.2, 0.25) is 0 Å². The molecule has 0 aliphatic rings. The van der Waals surface area contributed by atoms with Crippen LogP contribution in [0.2, 0.25) is 10.0 Å². The molecule has 1 atom stereocenters. The molecule has 4 heteroatoms. The van der Waals surface area contributed by atoms with E-state index in [1.165, 1.54) is 0 Å². The summed E-state index contributed by atoms with van der Waals surface area (Å²) < 4.78 is 5.88. The summed E-state index contributed by atoms with van der Waals surface area (Å²) in [7, 11) is 0. The number of halogens is 2. The van der Waals surface area contributed by atoms with E-state index in [0.29, 0.717) is 15.8 Å². The Kier molecular flexibility index (Phi) is 5.51. The molecule has 1 N–H and O–H groups in total. The highest BCUT2D eigenvalue weighted by Gasteiger charge is 2.10. The van der Waals surface area contributed by atoms with Crippen LogP contribution in [0.25, 0.3) is 0 Å². The first-order valence-electron chi connectivity index (χ1n) is 6.98. The van der Waals surface area contributed by atoms with E-state index in [2.05, 4.69) is 19.2 Å². The summed E-state index contributed by atoms with van der Waals surface area (Å²) in [6, 6.07) is 11.7. The zero-order valence-corrected chi connectivity index (χ0v) is 13.9. The van der Waals surface area contributed by atoms with Crippen LogP contribution < -0.4 is 10.1 Å². The predicted molar refractivity (Wildman–Crippen MR) is 89.8 cm³/mol. The minimum atomic E-state index is 0.263. The fourth-order valence-corrected chi connectivity index (χ4v) is 2.59. The van der Waals surface area contributed by atoms with Crippen molar-refractivity contribution >= 4 is 23.2 Å². The van der Waals surface area contributed by atoms with Crippen LogP contribution >= 0.6 is 23.2 Å². The molecule has 0 heterocycles. The second-order valence-corrected chi connectivity index (χ2v) is 5.82. The van der Waals surface area contributed by atoms with Gasteiger partial charge in [-0.2, -0.15) is 0 Å². The molecule has 2 nitrogen and oxygen atoms in total. The van der Waals surface area contributed by atoms with Crippen LogP contribution in [0.5, 0.6) is 11.5 Å². The number of benzene rings is 2. The van der Waals surface area contributed by atoms with Crippen LogP contribution in [0, 0.1) is 6.92 Å². The van der Waals surface area contributed by atoms with E-state index in [1.807, 2.05) is 37.3 Å². The predicted octanol–water partition coefficient (Wildman–Crippen LogP) is 5.76. The number of rotatable bonds is 5. The Morgan fingerprint density at radius 1 is 1.10 bits per heavy atom. The standard InChI is InChI=1S/C17H19Cl2NO/c1-4-20-12(3)13-5-7-17(15(19)10-13)21-16-8-6-14(18)9-11(16)2/h5-10,12,20H,4H2,1-3H3. The summed E-state index contributed by atoms with van der Waals surface area (Å²) in [5.41, 5.74) is 2.12. The van der Waals surface area contributed by atoms with Crippen molar-refractivity contribution in [3.63, 3.8) is 0 Å². The molecule has 0 aromatic heterocycles. The lowest BCUT2D eigenvalue weighted by molar-refractivity contribution is 0.478. The van der Waals surface area contributed by atoms with Gasteiger partial charge in [0.1, 0.15) is 11.5 Å². The topological polar surface area (TPSA) is 21.3 Å². The van der Waals surface area contributed by atoms with Crippen LogP contribution in [-0.2, 0) is 0 Å². The van der Waals surface area contributed by atoms with Crippen molar-refractivity contribution in [2.45, 2.75) is 26.8 Å². The highest BCUT2D eigenvalue weighted by Crippen LogP contribution is 2.33. The molecule has 0 saturated heterocycles. The van der Waals surface area contributed by atoms with Gasteiger partial charge in [0.15, 0.2) is 0 Å². The molecule has 21 heavy (non-hydrogen) atoms. The van der Waals surface area contributed by atoms with E-state index in [0.717, 1.165) is 23.4 Å². The van der Waals surface area contributed by atoms with E-state index < -0.39 is 0 Å². The van der Waals surface area contributed by atoms with E-state index in [9.17, 15) is 0 Å². The van der Waals surface area contributed by atoms with Gasteiger partial charge in [-0.3, -0.25) is 0 Å². The average molecular weight is 324 g/mol. The first-order chi connectivity index (χ1) is 10.0. The van der Waals surface area contributed by atoms with Gasteiger partial charge >= 0.3 is 0 Å². The van der Waals surface area contributed by atoms with Crippen LogP contribution in [-0.4, -0.2) is 6.54 Å². The highest BCUT2D eigenvalue weighted by atomic mass is 35.5. The molecule has 112 valence electrons. The quantitative estimate of drug-likeness (QED) is 0.754. The molecule has 2 rings (SSSR count). The molecule has 1 unspecified atom stereocenters. The van der Waals surface area contributed by atoms with Crippen molar-refractivity contribution in [3.05, 3.63) is 57.6 Å². The molecule has 0 aliphatic heterocycles. The summed E-state index contributed by atoms with van der Waals surface area (Å²) in [5, 5.41) is 4.66. The molecule has 0 spiro atoms. The van der Waals surface area contributed by atoms with Crippen molar-refractivity contribution in [2.75, 3.05) is 6.54 Å². The Balaban J connectivity index is 2.21. The van der Waals surface area contributed by atoms with Crippen LogP contribution in [0.15, 0.2) is 36.4 Å². The zero-order chi connectivity index (χ0) is 15.4. The average Bonchev–Trinajstić information content (AvgIpc) is 2.44. The Labute approximate surface area is 136 Å². The van der Waals surface area contributed by atoms with Gasteiger partial charge in [0, 0.05) is 11.1 Å². The molecule has 0 amide bonds. The second-order valence-electron chi connectivity index (χ2n) is 4.98. The highest BCUT2D eigenvalue weighted by molar-refractivity contribution is 6.32. The Bertz CT molecular complexity index is 628. The molecule has 0 radical (unpaired) electrons. The number of ether oxygens (including phenoxy) is 1. The molecule has 2 aromatic rings. The normalized spacial score (nSPS) is 12.2. The first-order valence-corrected chi connectivity index (χ1v) is 7.73. The summed E-state index contributed by atoms with van der Waals surface area (Å²) in [6.07, 6.45) is 0. The monoisotopic (exact) mass is 323 g/mol. The lowest BCUT2D eigenvalue weighted by atomic mass is 10.1. The van der Waals surface area contributed by atoms with Gasteiger partial charge in [0.05, 0.1) is 5.02 Å². The number of hydrogen-bond acceptors (Lipinski definition) is 2. The largest absolute Gasteiger partial charge is 0.456 e. The van der Waals surface area contributed by atoms with E-state index in [-0.39, 0.29) is 6.04 Å². The summed E-state index contributed by atoms with van der Waals surface area (Å²) in [5.74, 6) is 1.41. The Morgan fingerprint density at radius 3 is 2.43 bits per heavy atom.